The van der Waals surface area contributed by atoms with Crippen LogP contribution in [0, 0.1) is 0 Å². The molecule has 0 saturated heterocycles. The van der Waals surface area contributed by atoms with Gasteiger partial charge in [0.25, 0.3) is 0 Å². The van der Waals surface area contributed by atoms with Crippen molar-refractivity contribution in [2.75, 3.05) is 4.90 Å². The number of nitrogens with zero attached hydrogens (tertiary/aromatic N) is 1. The first-order chi connectivity index (χ1) is 26.5. The third kappa shape index (κ3) is 3.69. The van der Waals surface area contributed by atoms with Crippen LogP contribution in [0.3, 0.4) is 0 Å². The summed E-state index contributed by atoms with van der Waals surface area (Å²) in [5.41, 5.74) is 15.8. The van der Waals surface area contributed by atoms with Gasteiger partial charge in [0.2, 0.25) is 0 Å². The van der Waals surface area contributed by atoms with Crippen molar-refractivity contribution in [3.63, 3.8) is 0 Å². The van der Waals surface area contributed by atoms with Gasteiger partial charge in [-0.1, -0.05) is 153 Å². The van der Waals surface area contributed by atoms with E-state index in [0.29, 0.717) is 0 Å². The molecule has 3 heteroatoms. The van der Waals surface area contributed by atoms with Crippen molar-refractivity contribution in [2.45, 2.75) is 19.3 Å². The first-order valence-electron chi connectivity index (χ1n) is 18.9. The fraction of sp³-hybridized carbons (Fsp3) is 0.0588. The van der Waals surface area contributed by atoms with Crippen molar-refractivity contribution < 1.29 is 4.42 Å². The smallest absolute Gasteiger partial charge is 0.182 e. The summed E-state index contributed by atoms with van der Waals surface area (Å²) in [7, 11) is -2.64. The van der Waals surface area contributed by atoms with Gasteiger partial charge in [-0.05, 0) is 102 Å². The average Bonchev–Trinajstić information content (AvgIpc) is 3.91. The quantitative estimate of drug-likeness (QED) is 0.170. The normalized spacial score (nSPS) is 14.8. The molecule has 0 radical (unpaired) electrons. The number of anilines is 3. The molecule has 0 fully saturated rings. The van der Waals surface area contributed by atoms with Crippen molar-refractivity contribution in [2.24, 2.45) is 0 Å². The van der Waals surface area contributed by atoms with Gasteiger partial charge in [0.15, 0.2) is 13.7 Å². The lowest BCUT2D eigenvalue weighted by Gasteiger charge is -2.31. The fourth-order valence-electron chi connectivity index (χ4n) is 10.4. The van der Waals surface area contributed by atoms with E-state index in [1.807, 2.05) is 0 Å². The molecule has 2 aliphatic heterocycles. The number of rotatable bonds is 3. The maximum atomic E-state index is 6.79. The van der Waals surface area contributed by atoms with Crippen LogP contribution in [0.2, 0.25) is 0 Å². The summed E-state index contributed by atoms with van der Waals surface area (Å²) in [4.78, 5) is 2.46. The van der Waals surface area contributed by atoms with Crippen LogP contribution >= 0.6 is 0 Å². The summed E-state index contributed by atoms with van der Waals surface area (Å²) in [5.74, 6) is 0. The lowest BCUT2D eigenvalue weighted by atomic mass is 9.82. The Morgan fingerprint density at radius 2 is 0.944 bits per heavy atom. The Morgan fingerprint density at radius 1 is 0.426 bits per heavy atom. The zero-order chi connectivity index (χ0) is 35.8. The first-order valence-corrected chi connectivity index (χ1v) is 20.9. The van der Waals surface area contributed by atoms with Crippen molar-refractivity contribution in [1.29, 1.82) is 0 Å². The fourth-order valence-corrected chi connectivity index (χ4v) is 16.0. The van der Waals surface area contributed by atoms with E-state index in [-0.39, 0.29) is 5.41 Å². The van der Waals surface area contributed by atoms with Crippen LogP contribution in [-0.4, -0.2) is 8.07 Å². The van der Waals surface area contributed by atoms with Crippen LogP contribution in [0.5, 0.6) is 0 Å². The predicted octanol–water partition coefficient (Wildman–Crippen LogP) is 10.7. The van der Waals surface area contributed by atoms with Crippen LogP contribution in [0.15, 0.2) is 180 Å². The highest BCUT2D eigenvalue weighted by molar-refractivity contribution is 7.24. The molecular formula is C51H35NOSi. The van der Waals surface area contributed by atoms with Gasteiger partial charge in [-0.2, -0.15) is 0 Å². The molecule has 0 N–H and O–H groups in total. The summed E-state index contributed by atoms with van der Waals surface area (Å²) in [6.07, 6.45) is 0. The molecule has 0 bridgehead atoms. The summed E-state index contributed by atoms with van der Waals surface area (Å²) in [6.45, 7) is 4.73. The number of hydrogen-bond donors (Lipinski definition) is 0. The van der Waals surface area contributed by atoms with Crippen LogP contribution in [0.25, 0.3) is 55.3 Å². The number of hydrogen-bond acceptors (Lipinski definition) is 2. The molecule has 254 valence electrons. The number of benzene rings is 8. The van der Waals surface area contributed by atoms with Crippen LogP contribution in [0.1, 0.15) is 25.0 Å². The Bertz CT molecular complexity index is 2990. The maximum Gasteiger partial charge on any atom is 0.182 e. The molecule has 0 saturated carbocycles. The maximum absolute atomic E-state index is 6.79. The van der Waals surface area contributed by atoms with Crippen molar-refractivity contribution in [1.82, 2.24) is 0 Å². The van der Waals surface area contributed by atoms with E-state index < -0.39 is 8.07 Å². The molecule has 3 heterocycles. The lowest BCUT2D eigenvalue weighted by Crippen LogP contribution is -2.70. The first kappa shape index (κ1) is 30.1. The highest BCUT2D eigenvalue weighted by Crippen LogP contribution is 2.51. The van der Waals surface area contributed by atoms with E-state index in [2.05, 4.69) is 195 Å². The lowest BCUT2D eigenvalue weighted by molar-refractivity contribution is 0.660. The SMILES string of the molecule is CC1(C)c2ccccc2-c2ccc(N(c3ccc4c(c3)[Si]3(c5ccccc5-c5ccccc53)c3ccccc3-4)c3cccc4c3oc3ccccc34)cc21. The topological polar surface area (TPSA) is 16.4 Å². The zero-order valence-electron chi connectivity index (χ0n) is 30.1. The van der Waals surface area contributed by atoms with Gasteiger partial charge >= 0.3 is 0 Å². The molecule has 0 atom stereocenters. The van der Waals surface area contributed by atoms with Crippen LogP contribution in [-0.2, 0) is 5.41 Å². The third-order valence-corrected chi connectivity index (χ3v) is 17.6. The predicted molar refractivity (Wildman–Crippen MR) is 228 cm³/mol. The van der Waals surface area contributed by atoms with E-state index >= 15 is 0 Å². The molecule has 9 aromatic rings. The minimum Gasteiger partial charge on any atom is -0.454 e. The molecule has 3 aliphatic rings. The monoisotopic (exact) mass is 705 g/mol. The standard InChI is InChI=1S/C51H35NOSi/c1-51(2)42-20-8-3-14-34(42)35-28-26-32(30-43(35)51)52(44-21-13-19-41-36-15-4-9-22-45(36)53-50(41)44)33-27-29-40-39-18-7-12-25-48(39)54(49(40)31-33)46-23-10-5-16-37(46)38-17-6-11-24-47(38)54/h3-31H,1-2H3. The van der Waals surface area contributed by atoms with E-state index in [0.717, 1.165) is 39.0 Å². The number of furan rings is 1. The van der Waals surface area contributed by atoms with Crippen LogP contribution in [0.4, 0.5) is 17.1 Å². The highest BCUT2D eigenvalue weighted by atomic mass is 28.3. The molecule has 8 aromatic carbocycles. The summed E-state index contributed by atoms with van der Waals surface area (Å²) in [6, 6.07) is 65.8. The second-order valence-electron chi connectivity index (χ2n) is 15.6. The summed E-state index contributed by atoms with van der Waals surface area (Å²) in [5, 5.41) is 8.16. The third-order valence-electron chi connectivity index (χ3n) is 12.7. The minimum absolute atomic E-state index is 0.132. The van der Waals surface area contributed by atoms with E-state index in [9.17, 15) is 0 Å². The second kappa shape index (κ2) is 10.6. The van der Waals surface area contributed by atoms with E-state index in [1.165, 1.54) is 65.3 Å². The highest BCUT2D eigenvalue weighted by Gasteiger charge is 2.54. The Hall–Kier alpha value is -6.42. The molecule has 1 aliphatic carbocycles. The Labute approximate surface area is 315 Å². The number of fused-ring (bicyclic) bond motifs is 16. The Morgan fingerprint density at radius 3 is 1.65 bits per heavy atom. The molecule has 12 rings (SSSR count). The van der Waals surface area contributed by atoms with Gasteiger partial charge in [-0.15, -0.1) is 0 Å². The second-order valence-corrected chi connectivity index (χ2v) is 19.3. The summed E-state index contributed by atoms with van der Waals surface area (Å²) >= 11 is 0. The van der Waals surface area contributed by atoms with Gasteiger partial charge < -0.3 is 9.32 Å². The molecule has 1 spiro atoms. The van der Waals surface area contributed by atoms with Gasteiger partial charge in [0.1, 0.15) is 5.58 Å². The largest absolute Gasteiger partial charge is 0.454 e. The Kier molecular flexibility index (Phi) is 5.90. The summed E-state index contributed by atoms with van der Waals surface area (Å²) < 4.78 is 6.79. The number of para-hydroxylation sites is 2. The molecule has 0 amide bonds. The molecule has 0 unspecified atom stereocenters. The average molecular weight is 706 g/mol. The van der Waals surface area contributed by atoms with E-state index in [4.69, 9.17) is 4.42 Å². The van der Waals surface area contributed by atoms with Gasteiger partial charge in [0.05, 0.1) is 5.69 Å². The molecule has 1 aromatic heterocycles. The van der Waals surface area contributed by atoms with Gasteiger partial charge in [-0.25, -0.2) is 0 Å². The zero-order valence-corrected chi connectivity index (χ0v) is 31.1. The minimum atomic E-state index is -2.64. The Balaban J connectivity index is 1.16. The van der Waals surface area contributed by atoms with E-state index in [1.54, 1.807) is 0 Å². The molecular weight excluding hydrogens is 671 g/mol. The molecule has 2 nitrogen and oxygen atoms in total. The van der Waals surface area contributed by atoms with Gasteiger partial charge in [0, 0.05) is 27.6 Å². The van der Waals surface area contributed by atoms with Crippen LogP contribution < -0.4 is 25.6 Å². The van der Waals surface area contributed by atoms with Gasteiger partial charge in [-0.3, -0.25) is 0 Å². The van der Waals surface area contributed by atoms with Crippen molar-refractivity contribution >= 4 is 67.8 Å². The molecule has 54 heavy (non-hydrogen) atoms. The van der Waals surface area contributed by atoms with Crippen molar-refractivity contribution in [3.05, 3.63) is 187 Å². The van der Waals surface area contributed by atoms with Crippen molar-refractivity contribution in [3.8, 4) is 33.4 Å².